The van der Waals surface area contributed by atoms with Gasteiger partial charge in [-0.15, -0.1) is 24.0 Å². The van der Waals surface area contributed by atoms with E-state index in [1.807, 2.05) is 7.05 Å². The Kier molecular flexibility index (Phi) is 9.59. The molecule has 1 fully saturated rings. The van der Waals surface area contributed by atoms with E-state index in [9.17, 15) is 0 Å². The van der Waals surface area contributed by atoms with E-state index in [1.54, 1.807) is 11.3 Å². The molecule has 0 radical (unpaired) electrons. The Morgan fingerprint density at radius 1 is 1.29 bits per heavy atom. The summed E-state index contributed by atoms with van der Waals surface area (Å²) in [5.41, 5.74) is 1.56. The van der Waals surface area contributed by atoms with E-state index in [0.717, 1.165) is 19.0 Å². The molecule has 24 heavy (non-hydrogen) atoms. The summed E-state index contributed by atoms with van der Waals surface area (Å²) >= 11 is 1.76. The Hall–Kier alpha value is -0.340. The minimum absolute atomic E-state index is 0. The van der Waals surface area contributed by atoms with E-state index < -0.39 is 0 Å². The summed E-state index contributed by atoms with van der Waals surface area (Å²) < 4.78 is 0. The second-order valence-electron chi connectivity index (χ2n) is 7.12. The maximum atomic E-state index is 4.37. The molecule has 1 saturated heterocycles. The lowest BCUT2D eigenvalue weighted by molar-refractivity contribution is 0.0982. The van der Waals surface area contributed by atoms with Crippen LogP contribution in [0.1, 0.15) is 51.5 Å². The average Bonchev–Trinajstić information content (AvgIpc) is 3.10. The van der Waals surface area contributed by atoms with E-state index in [2.05, 4.69) is 58.1 Å². The SMILES string of the molecule is CN=C(NCC(C)c1ccsc1)NCC(C)(C)N1CCCCC1.I. The molecule has 2 rings (SSSR count). The first-order valence-electron chi connectivity index (χ1n) is 8.74. The van der Waals surface area contributed by atoms with Crippen LogP contribution in [0.15, 0.2) is 21.8 Å². The van der Waals surface area contributed by atoms with E-state index in [0.29, 0.717) is 5.92 Å². The van der Waals surface area contributed by atoms with Crippen molar-refractivity contribution in [2.45, 2.75) is 51.5 Å². The van der Waals surface area contributed by atoms with Crippen molar-refractivity contribution in [2.75, 3.05) is 33.2 Å². The summed E-state index contributed by atoms with van der Waals surface area (Å²) in [6.45, 7) is 11.2. The number of thiophene rings is 1. The van der Waals surface area contributed by atoms with Crippen LogP contribution in [-0.2, 0) is 0 Å². The molecule has 2 N–H and O–H groups in total. The van der Waals surface area contributed by atoms with Gasteiger partial charge in [0.1, 0.15) is 0 Å². The van der Waals surface area contributed by atoms with Gasteiger partial charge in [0.2, 0.25) is 0 Å². The first-order chi connectivity index (χ1) is 11.0. The van der Waals surface area contributed by atoms with Crippen molar-refractivity contribution in [3.05, 3.63) is 22.4 Å². The van der Waals surface area contributed by atoms with Gasteiger partial charge in [-0.05, 0) is 68.1 Å². The van der Waals surface area contributed by atoms with Crippen LogP contribution in [0.5, 0.6) is 0 Å². The average molecular weight is 464 g/mol. The van der Waals surface area contributed by atoms with Crippen molar-refractivity contribution < 1.29 is 0 Å². The van der Waals surface area contributed by atoms with E-state index in [1.165, 1.54) is 37.9 Å². The minimum Gasteiger partial charge on any atom is -0.356 e. The molecule has 0 bridgehead atoms. The summed E-state index contributed by atoms with van der Waals surface area (Å²) in [6, 6.07) is 2.20. The molecule has 1 unspecified atom stereocenters. The van der Waals surface area contributed by atoms with Crippen LogP contribution in [-0.4, -0.2) is 49.6 Å². The minimum atomic E-state index is 0. The largest absolute Gasteiger partial charge is 0.356 e. The standard InChI is InChI=1S/C18H32N4S.HI/c1-15(16-8-11-23-13-16)12-20-17(19-4)21-14-18(2,3)22-9-6-5-7-10-22;/h8,11,13,15H,5-7,9-10,12,14H2,1-4H3,(H2,19,20,21);1H. The maximum Gasteiger partial charge on any atom is 0.191 e. The molecule has 1 aliphatic heterocycles. The fourth-order valence-corrected chi connectivity index (χ4v) is 3.84. The van der Waals surface area contributed by atoms with Crippen molar-refractivity contribution >= 4 is 41.3 Å². The third-order valence-electron chi connectivity index (χ3n) is 4.81. The number of rotatable bonds is 6. The van der Waals surface area contributed by atoms with Crippen LogP contribution in [0.25, 0.3) is 0 Å². The number of likely N-dealkylation sites (tertiary alicyclic amines) is 1. The number of hydrogen-bond acceptors (Lipinski definition) is 3. The van der Waals surface area contributed by atoms with Crippen molar-refractivity contribution in [1.82, 2.24) is 15.5 Å². The highest BCUT2D eigenvalue weighted by Gasteiger charge is 2.27. The number of nitrogens with zero attached hydrogens (tertiary/aromatic N) is 2. The highest BCUT2D eigenvalue weighted by atomic mass is 127. The molecule has 6 heteroatoms. The number of halogens is 1. The van der Waals surface area contributed by atoms with Gasteiger partial charge >= 0.3 is 0 Å². The lowest BCUT2D eigenvalue weighted by Gasteiger charge is -2.41. The summed E-state index contributed by atoms with van der Waals surface area (Å²) in [5, 5.41) is 11.3. The monoisotopic (exact) mass is 464 g/mol. The molecular weight excluding hydrogens is 431 g/mol. The number of hydrogen-bond donors (Lipinski definition) is 2. The normalized spacial score (nSPS) is 17.9. The van der Waals surface area contributed by atoms with Gasteiger partial charge in [-0.3, -0.25) is 9.89 Å². The second kappa shape index (κ2) is 10.6. The molecule has 4 nitrogen and oxygen atoms in total. The first kappa shape index (κ1) is 21.7. The lowest BCUT2D eigenvalue weighted by atomic mass is 9.98. The van der Waals surface area contributed by atoms with Gasteiger partial charge in [-0.25, -0.2) is 0 Å². The highest BCUT2D eigenvalue weighted by molar-refractivity contribution is 14.0. The van der Waals surface area contributed by atoms with Gasteiger partial charge in [0, 0.05) is 25.7 Å². The van der Waals surface area contributed by atoms with Crippen LogP contribution in [0.3, 0.4) is 0 Å². The van der Waals surface area contributed by atoms with E-state index >= 15 is 0 Å². The van der Waals surface area contributed by atoms with Gasteiger partial charge in [0.25, 0.3) is 0 Å². The quantitative estimate of drug-likeness (QED) is 0.381. The molecule has 0 aromatic carbocycles. The predicted octanol–water partition coefficient (Wildman–Crippen LogP) is 3.90. The molecule has 0 amide bonds. The van der Waals surface area contributed by atoms with E-state index in [4.69, 9.17) is 0 Å². The maximum absolute atomic E-state index is 4.37. The zero-order valence-corrected chi connectivity index (χ0v) is 18.6. The topological polar surface area (TPSA) is 39.7 Å². The number of nitrogens with one attached hydrogen (secondary N) is 2. The molecule has 1 aromatic heterocycles. The molecule has 1 aromatic rings. The molecule has 0 aliphatic carbocycles. The first-order valence-corrected chi connectivity index (χ1v) is 9.69. The Morgan fingerprint density at radius 3 is 2.58 bits per heavy atom. The lowest BCUT2D eigenvalue weighted by Crippen LogP contribution is -2.55. The summed E-state index contributed by atoms with van der Waals surface area (Å²) in [5.74, 6) is 1.40. The highest BCUT2D eigenvalue weighted by Crippen LogP contribution is 2.20. The van der Waals surface area contributed by atoms with Gasteiger partial charge in [-0.2, -0.15) is 11.3 Å². The molecule has 1 aliphatic rings. The van der Waals surface area contributed by atoms with Gasteiger partial charge in [0.05, 0.1) is 0 Å². The smallest absolute Gasteiger partial charge is 0.191 e. The van der Waals surface area contributed by atoms with Crippen LogP contribution in [0.2, 0.25) is 0 Å². The number of guanidine groups is 1. The Bertz CT molecular complexity index is 481. The summed E-state index contributed by atoms with van der Waals surface area (Å²) in [7, 11) is 1.85. The molecule has 0 spiro atoms. The van der Waals surface area contributed by atoms with Gasteiger partial charge in [-0.1, -0.05) is 13.3 Å². The fraction of sp³-hybridized carbons (Fsp3) is 0.722. The molecule has 1 atom stereocenters. The van der Waals surface area contributed by atoms with E-state index in [-0.39, 0.29) is 29.5 Å². The second-order valence-corrected chi connectivity index (χ2v) is 7.90. The molecule has 0 saturated carbocycles. The van der Waals surface area contributed by atoms with Crippen molar-refractivity contribution in [3.63, 3.8) is 0 Å². The molecular formula is C18H33IN4S. The van der Waals surface area contributed by atoms with Crippen molar-refractivity contribution in [2.24, 2.45) is 4.99 Å². The molecule has 138 valence electrons. The predicted molar refractivity (Wildman–Crippen MR) is 117 cm³/mol. The Balaban J connectivity index is 0.00000288. The number of aliphatic imine (C=N–C) groups is 1. The number of piperidine rings is 1. The fourth-order valence-electron chi connectivity index (χ4n) is 3.05. The zero-order valence-electron chi connectivity index (χ0n) is 15.5. The van der Waals surface area contributed by atoms with Crippen LogP contribution in [0, 0.1) is 0 Å². The third-order valence-corrected chi connectivity index (χ3v) is 5.51. The van der Waals surface area contributed by atoms with Crippen molar-refractivity contribution in [3.8, 4) is 0 Å². The zero-order chi connectivity index (χ0) is 16.7. The summed E-state index contributed by atoms with van der Waals surface area (Å²) in [6.07, 6.45) is 4.03. The van der Waals surface area contributed by atoms with Crippen molar-refractivity contribution in [1.29, 1.82) is 0 Å². The third kappa shape index (κ3) is 6.52. The Labute approximate surface area is 168 Å². The van der Waals surface area contributed by atoms with Crippen LogP contribution in [0.4, 0.5) is 0 Å². The van der Waals surface area contributed by atoms with Gasteiger partial charge in [0.15, 0.2) is 5.96 Å². The Morgan fingerprint density at radius 2 is 2.00 bits per heavy atom. The summed E-state index contributed by atoms with van der Waals surface area (Å²) in [4.78, 5) is 6.97. The van der Waals surface area contributed by atoms with Crippen LogP contribution < -0.4 is 10.6 Å². The van der Waals surface area contributed by atoms with Crippen LogP contribution >= 0.6 is 35.3 Å². The molecule has 2 heterocycles. The van der Waals surface area contributed by atoms with Gasteiger partial charge < -0.3 is 10.6 Å².